The minimum atomic E-state index is -1.08. The maximum absolute atomic E-state index is 13.5. The number of halogens is 1. The Morgan fingerprint density at radius 1 is 1.13 bits per heavy atom. The van der Waals surface area contributed by atoms with Crippen LogP contribution in [0.15, 0.2) is 48.5 Å². The van der Waals surface area contributed by atoms with Crippen LogP contribution in [-0.4, -0.2) is 88.2 Å². The first-order valence-electron chi connectivity index (χ1n) is 12.2. The van der Waals surface area contributed by atoms with Crippen molar-refractivity contribution in [2.75, 3.05) is 27.2 Å². The molecule has 0 aromatic heterocycles. The van der Waals surface area contributed by atoms with Gasteiger partial charge in [-0.05, 0) is 35.7 Å². The molecule has 2 N–H and O–H groups in total. The molecule has 2 aromatic rings. The number of piperazine rings is 1. The third kappa shape index (κ3) is 5.84. The number of carboxylic acids is 1. The van der Waals surface area contributed by atoms with E-state index in [1.54, 1.807) is 50.6 Å². The summed E-state index contributed by atoms with van der Waals surface area (Å²) in [5, 5.41) is 15.6. The first-order valence-corrected chi connectivity index (χ1v) is 12.5. The predicted molar refractivity (Wildman–Crippen MR) is 138 cm³/mol. The molecule has 2 heterocycles. The van der Waals surface area contributed by atoms with Gasteiger partial charge in [-0.1, -0.05) is 41.9 Å². The number of hydrogen-bond acceptors (Lipinski definition) is 6. The molecule has 2 aliphatic heterocycles. The fraction of sp³-hybridized carbons (Fsp3) is 0.385. The lowest BCUT2D eigenvalue weighted by Crippen LogP contribution is -2.75. The number of carbonyl (C=O) groups excluding carboxylic acids is 3. The molecule has 2 aromatic carbocycles. The van der Waals surface area contributed by atoms with Crippen molar-refractivity contribution in [3.8, 4) is 5.75 Å². The van der Waals surface area contributed by atoms with E-state index in [0.717, 1.165) is 5.56 Å². The van der Waals surface area contributed by atoms with Crippen LogP contribution in [-0.2, 0) is 27.5 Å². The van der Waals surface area contributed by atoms with Gasteiger partial charge >= 0.3 is 12.0 Å². The highest BCUT2D eigenvalue weighted by molar-refractivity contribution is 6.31. The smallest absolute Gasteiger partial charge is 0.334 e. The lowest BCUT2D eigenvalue weighted by Gasteiger charge is -2.54. The van der Waals surface area contributed by atoms with Gasteiger partial charge in [0, 0.05) is 31.6 Å². The summed E-state index contributed by atoms with van der Waals surface area (Å²) in [5.74, 6) is -1.10. The zero-order valence-electron chi connectivity index (χ0n) is 21.2. The summed E-state index contributed by atoms with van der Waals surface area (Å²) in [6, 6.07) is 12.9. The van der Waals surface area contributed by atoms with E-state index in [9.17, 15) is 24.3 Å². The summed E-state index contributed by atoms with van der Waals surface area (Å²) in [5.41, 5.74) is 1.56. The monoisotopic (exact) mass is 543 g/mol. The summed E-state index contributed by atoms with van der Waals surface area (Å²) in [6.07, 6.45) is -1.19. The number of carboxylic acid groups (broad SMARTS) is 1. The van der Waals surface area contributed by atoms with Gasteiger partial charge in [0.15, 0.2) is 0 Å². The first-order chi connectivity index (χ1) is 18.2. The molecule has 4 rings (SSSR count). The zero-order valence-corrected chi connectivity index (χ0v) is 21.9. The van der Waals surface area contributed by atoms with E-state index in [0.29, 0.717) is 16.3 Å². The first kappa shape index (κ1) is 27.2. The molecular weight excluding hydrogens is 514 g/mol. The van der Waals surface area contributed by atoms with Crippen molar-refractivity contribution in [1.82, 2.24) is 25.1 Å². The van der Waals surface area contributed by atoms with Gasteiger partial charge in [-0.2, -0.15) is 0 Å². The predicted octanol–water partition coefficient (Wildman–Crippen LogP) is 2.15. The summed E-state index contributed by atoms with van der Waals surface area (Å²) < 4.78 is 5.17. The van der Waals surface area contributed by atoms with Crippen LogP contribution >= 0.6 is 11.6 Å². The fourth-order valence-corrected chi connectivity index (χ4v) is 5.01. The Balaban J connectivity index is 1.60. The van der Waals surface area contributed by atoms with Gasteiger partial charge in [-0.15, -0.1) is 0 Å². The summed E-state index contributed by atoms with van der Waals surface area (Å²) in [4.78, 5) is 54.4. The molecule has 202 valence electrons. The van der Waals surface area contributed by atoms with Crippen molar-refractivity contribution in [1.29, 1.82) is 0 Å². The average molecular weight is 544 g/mol. The van der Waals surface area contributed by atoms with E-state index < -0.39 is 24.2 Å². The molecule has 4 amide bonds. The Morgan fingerprint density at radius 2 is 1.84 bits per heavy atom. The number of likely N-dealkylation sites (N-methyl/N-ethyl adjacent to an activating group) is 1. The highest BCUT2D eigenvalue weighted by Crippen LogP contribution is 2.30. The number of amides is 4. The number of rotatable bonds is 8. The van der Waals surface area contributed by atoms with Gasteiger partial charge in [0.1, 0.15) is 18.0 Å². The van der Waals surface area contributed by atoms with Crippen molar-refractivity contribution in [3.05, 3.63) is 64.7 Å². The number of aliphatic carboxylic acids is 1. The van der Waals surface area contributed by atoms with Crippen LogP contribution in [0.4, 0.5) is 4.79 Å². The van der Waals surface area contributed by atoms with Crippen LogP contribution in [0, 0.1) is 0 Å². The molecule has 0 bridgehead atoms. The second-order valence-electron chi connectivity index (χ2n) is 9.21. The molecule has 0 spiro atoms. The van der Waals surface area contributed by atoms with Gasteiger partial charge < -0.3 is 25.0 Å². The van der Waals surface area contributed by atoms with Crippen molar-refractivity contribution in [2.24, 2.45) is 0 Å². The number of methoxy groups -OCH3 is 1. The normalized spacial score (nSPS) is 19.8. The number of urea groups is 1. The van der Waals surface area contributed by atoms with Crippen molar-refractivity contribution < 1.29 is 29.0 Å². The molecule has 0 saturated carbocycles. The van der Waals surface area contributed by atoms with Gasteiger partial charge in [0.05, 0.1) is 20.2 Å². The Morgan fingerprint density at radius 3 is 2.50 bits per heavy atom. The van der Waals surface area contributed by atoms with E-state index >= 15 is 0 Å². The number of hydrazine groups is 1. The van der Waals surface area contributed by atoms with E-state index in [-0.39, 0.29) is 50.8 Å². The second kappa shape index (κ2) is 11.7. The highest BCUT2D eigenvalue weighted by atomic mass is 35.5. The standard InChI is InChI=1S/C26H30ClN5O6/c1-29-16-23(33)31-21(11-12-24(34)35)25(36)30(14-18-5-3-4-6-20(18)27)15-22(31)32(29)26(37)28-13-17-7-9-19(38-2)10-8-17/h3-10,21-22H,11-16H2,1-2H3,(H,28,37)(H,34,35). The van der Waals surface area contributed by atoms with Crippen LogP contribution in [0.3, 0.4) is 0 Å². The number of nitrogens with one attached hydrogen (secondary N) is 1. The summed E-state index contributed by atoms with van der Waals surface area (Å²) in [7, 11) is 3.20. The Kier molecular flexibility index (Phi) is 8.38. The lowest BCUT2D eigenvalue weighted by atomic mass is 10.0. The van der Waals surface area contributed by atoms with Crippen LogP contribution in [0.5, 0.6) is 5.75 Å². The second-order valence-corrected chi connectivity index (χ2v) is 9.61. The topological polar surface area (TPSA) is 123 Å². The maximum Gasteiger partial charge on any atom is 0.334 e. The number of benzene rings is 2. The van der Waals surface area contributed by atoms with Crippen LogP contribution in [0.25, 0.3) is 0 Å². The third-order valence-corrected chi connectivity index (χ3v) is 7.07. The third-order valence-electron chi connectivity index (χ3n) is 6.70. The molecule has 38 heavy (non-hydrogen) atoms. The van der Waals surface area contributed by atoms with E-state index in [1.807, 2.05) is 12.1 Å². The van der Waals surface area contributed by atoms with Gasteiger partial charge in [-0.25, -0.2) is 14.8 Å². The molecule has 2 aliphatic rings. The van der Waals surface area contributed by atoms with Crippen molar-refractivity contribution in [3.63, 3.8) is 0 Å². The minimum Gasteiger partial charge on any atom is -0.497 e. The number of nitrogens with zero attached hydrogens (tertiary/aromatic N) is 4. The molecule has 2 fully saturated rings. The van der Waals surface area contributed by atoms with E-state index in [4.69, 9.17) is 16.3 Å². The summed E-state index contributed by atoms with van der Waals surface area (Å²) >= 11 is 6.34. The quantitative estimate of drug-likeness (QED) is 0.523. The Hall–Kier alpha value is -3.83. The van der Waals surface area contributed by atoms with Crippen LogP contribution < -0.4 is 10.1 Å². The largest absolute Gasteiger partial charge is 0.497 e. The lowest BCUT2D eigenvalue weighted by molar-refractivity contribution is -0.188. The Labute approximate surface area is 225 Å². The molecule has 0 aliphatic carbocycles. The minimum absolute atomic E-state index is 0.0413. The van der Waals surface area contributed by atoms with Crippen molar-refractivity contribution >= 4 is 35.4 Å². The SMILES string of the molecule is COc1ccc(CNC(=O)N2C3CN(Cc4ccccc4Cl)C(=O)C(CCC(=O)O)N3C(=O)CN2C)cc1. The highest BCUT2D eigenvalue weighted by Gasteiger charge is 2.50. The number of carbonyl (C=O) groups is 4. The molecular formula is C26H30ClN5O6. The molecule has 2 atom stereocenters. The maximum atomic E-state index is 13.5. The molecule has 2 unspecified atom stereocenters. The van der Waals surface area contributed by atoms with Crippen LogP contribution in [0.1, 0.15) is 24.0 Å². The summed E-state index contributed by atoms with van der Waals surface area (Å²) in [6.45, 7) is 0.303. The number of ether oxygens (including phenoxy) is 1. The molecule has 0 radical (unpaired) electrons. The zero-order chi connectivity index (χ0) is 27.4. The number of fused-ring (bicyclic) bond motifs is 1. The fourth-order valence-electron chi connectivity index (χ4n) is 4.82. The average Bonchev–Trinajstić information content (AvgIpc) is 2.89. The van der Waals surface area contributed by atoms with E-state index in [2.05, 4.69) is 5.32 Å². The molecule has 11 nitrogen and oxygen atoms in total. The van der Waals surface area contributed by atoms with Gasteiger partial charge in [-0.3, -0.25) is 14.4 Å². The molecule has 2 saturated heterocycles. The van der Waals surface area contributed by atoms with Crippen LogP contribution in [0.2, 0.25) is 5.02 Å². The number of hydrogen-bond donors (Lipinski definition) is 2. The van der Waals surface area contributed by atoms with E-state index in [1.165, 1.54) is 19.8 Å². The van der Waals surface area contributed by atoms with Crippen molar-refractivity contribution in [2.45, 2.75) is 38.1 Å². The Bertz CT molecular complexity index is 1210. The molecule has 12 heteroatoms. The van der Waals surface area contributed by atoms with Gasteiger partial charge in [0.25, 0.3) is 0 Å². The van der Waals surface area contributed by atoms with Gasteiger partial charge in [0.2, 0.25) is 11.8 Å².